The van der Waals surface area contributed by atoms with Gasteiger partial charge in [0.05, 0.1) is 22.4 Å². The average molecular weight is 473 g/mol. The van der Waals surface area contributed by atoms with E-state index in [4.69, 9.17) is 0 Å². The van der Waals surface area contributed by atoms with Crippen molar-refractivity contribution in [1.82, 2.24) is 0 Å². The highest BCUT2D eigenvalue weighted by molar-refractivity contribution is 8.22. The van der Waals surface area contributed by atoms with E-state index in [1.54, 1.807) is 0 Å². The van der Waals surface area contributed by atoms with E-state index in [1.165, 1.54) is 48.7 Å². The van der Waals surface area contributed by atoms with Crippen LogP contribution in [-0.4, -0.2) is 77.6 Å². The van der Waals surface area contributed by atoms with E-state index in [0.717, 1.165) is 23.3 Å². The van der Waals surface area contributed by atoms with Gasteiger partial charge in [-0.05, 0) is 36.2 Å². The van der Waals surface area contributed by atoms with Crippen LogP contribution in [0.15, 0.2) is 0 Å². The molecule has 2 heterocycles. The first kappa shape index (κ1) is 22.7. The molecule has 3 rings (SSSR count). The third-order valence-electron chi connectivity index (χ3n) is 5.27. The predicted octanol–water partition coefficient (Wildman–Crippen LogP) is 4.59. The van der Waals surface area contributed by atoms with Gasteiger partial charge >= 0.3 is 0 Å². The van der Waals surface area contributed by atoms with Gasteiger partial charge in [0.2, 0.25) is 0 Å². The number of aliphatic hydroxyl groups is 2. The Kier molecular flexibility index (Phi) is 11.0. The molecule has 0 aromatic heterocycles. The molecule has 6 atom stereocenters. The third kappa shape index (κ3) is 7.37. The van der Waals surface area contributed by atoms with Crippen molar-refractivity contribution in [3.63, 3.8) is 0 Å². The van der Waals surface area contributed by atoms with Gasteiger partial charge in [0, 0.05) is 33.5 Å². The van der Waals surface area contributed by atoms with Gasteiger partial charge in [0.1, 0.15) is 0 Å². The Hall–Kier alpha value is 2.02. The van der Waals surface area contributed by atoms with Crippen LogP contribution < -0.4 is 0 Å². The Morgan fingerprint density at radius 2 is 1.15 bits per heavy atom. The lowest BCUT2D eigenvalue weighted by atomic mass is 9.81. The molecule has 0 aromatic carbocycles. The lowest BCUT2D eigenvalue weighted by Gasteiger charge is -2.31. The summed E-state index contributed by atoms with van der Waals surface area (Å²) in [5, 5.41) is 19.5. The molecule has 3 fully saturated rings. The van der Waals surface area contributed by atoms with E-state index >= 15 is 0 Å². The maximum absolute atomic E-state index is 9.28. The summed E-state index contributed by atoms with van der Waals surface area (Å²) in [6, 6.07) is 0. The number of hydrogen-bond acceptors (Lipinski definition) is 8. The van der Waals surface area contributed by atoms with Crippen molar-refractivity contribution in [3.05, 3.63) is 0 Å². The number of thioether (sulfide) groups is 6. The maximum atomic E-state index is 9.28. The highest BCUT2D eigenvalue weighted by Gasteiger charge is 2.29. The van der Waals surface area contributed by atoms with E-state index in [-0.39, 0.29) is 0 Å². The van der Waals surface area contributed by atoms with Crippen molar-refractivity contribution in [2.24, 2.45) is 11.8 Å². The largest absolute Gasteiger partial charge is 0.395 e. The Morgan fingerprint density at radius 3 is 1.54 bits per heavy atom. The zero-order valence-electron chi connectivity index (χ0n) is 15.3. The second kappa shape index (κ2) is 12.7. The molecule has 2 saturated heterocycles. The monoisotopic (exact) mass is 472 g/mol. The standard InChI is InChI=1S/C18H32O2S6/c19-5-15-9-23-17(25-15)11-21-7-13-3-1-2-4-14(13)8-22-12-18-24-10-16(6-20)26-18/h13-20H,1-12H2. The smallest absolute Gasteiger partial charge is 0.0597 e. The number of aliphatic hydroxyl groups excluding tert-OH is 2. The van der Waals surface area contributed by atoms with Gasteiger partial charge in [0.15, 0.2) is 0 Å². The quantitative estimate of drug-likeness (QED) is 0.478. The van der Waals surface area contributed by atoms with Crippen molar-refractivity contribution in [3.8, 4) is 0 Å². The van der Waals surface area contributed by atoms with Crippen molar-refractivity contribution in [1.29, 1.82) is 0 Å². The fraction of sp³-hybridized carbons (Fsp3) is 1.00. The van der Waals surface area contributed by atoms with Crippen LogP contribution in [-0.2, 0) is 0 Å². The minimum Gasteiger partial charge on any atom is -0.395 e. The summed E-state index contributed by atoms with van der Waals surface area (Å²) in [6.45, 7) is 0.689. The van der Waals surface area contributed by atoms with Crippen LogP contribution in [0, 0.1) is 11.8 Å². The highest BCUT2D eigenvalue weighted by atomic mass is 32.2. The van der Waals surface area contributed by atoms with E-state index in [0.29, 0.717) is 32.9 Å². The molecule has 3 aliphatic rings. The van der Waals surface area contributed by atoms with Gasteiger partial charge in [-0.2, -0.15) is 23.5 Å². The summed E-state index contributed by atoms with van der Waals surface area (Å²) in [4.78, 5) is 0. The second-order valence-electron chi connectivity index (χ2n) is 7.29. The molecule has 6 unspecified atom stereocenters. The Bertz CT molecular complexity index is 366. The molecular weight excluding hydrogens is 441 g/mol. The molecule has 8 heteroatoms. The minimum absolute atomic E-state index is 0.345. The molecule has 0 aromatic rings. The van der Waals surface area contributed by atoms with E-state index in [1.807, 2.05) is 47.0 Å². The zero-order chi connectivity index (χ0) is 18.2. The van der Waals surface area contributed by atoms with Crippen molar-refractivity contribution < 1.29 is 10.2 Å². The van der Waals surface area contributed by atoms with Crippen LogP contribution in [0.2, 0.25) is 0 Å². The third-order valence-corrected chi connectivity index (χ3v) is 15.1. The lowest BCUT2D eigenvalue weighted by Crippen LogP contribution is -2.24. The first-order chi connectivity index (χ1) is 12.8. The summed E-state index contributed by atoms with van der Waals surface area (Å²) in [5.74, 6) is 9.27. The molecule has 152 valence electrons. The van der Waals surface area contributed by atoms with Crippen LogP contribution >= 0.6 is 70.6 Å². The molecule has 2 nitrogen and oxygen atoms in total. The molecule has 2 aliphatic heterocycles. The summed E-state index contributed by atoms with van der Waals surface area (Å²) < 4.78 is 1.40. The first-order valence-electron chi connectivity index (χ1n) is 9.69. The number of hydrogen-bond donors (Lipinski definition) is 2. The Labute approximate surface area is 184 Å². The van der Waals surface area contributed by atoms with Crippen molar-refractivity contribution >= 4 is 70.6 Å². The average Bonchev–Trinajstić information content (AvgIpc) is 3.32. The first-order valence-corrected chi connectivity index (χ1v) is 16.0. The molecule has 0 amide bonds. The van der Waals surface area contributed by atoms with E-state index in [9.17, 15) is 10.2 Å². The van der Waals surface area contributed by atoms with Crippen LogP contribution in [0.4, 0.5) is 0 Å². The molecule has 26 heavy (non-hydrogen) atoms. The van der Waals surface area contributed by atoms with E-state index in [2.05, 4.69) is 23.5 Å². The van der Waals surface area contributed by atoms with Crippen LogP contribution in [0.5, 0.6) is 0 Å². The summed E-state index contributed by atoms with van der Waals surface area (Å²) in [7, 11) is 0. The van der Waals surface area contributed by atoms with Gasteiger partial charge in [-0.1, -0.05) is 12.8 Å². The predicted molar refractivity (Wildman–Crippen MR) is 130 cm³/mol. The van der Waals surface area contributed by atoms with Gasteiger partial charge in [-0.15, -0.1) is 47.0 Å². The fourth-order valence-corrected chi connectivity index (χ4v) is 13.7. The topological polar surface area (TPSA) is 40.5 Å². The normalized spacial score (nSPS) is 38.1. The van der Waals surface area contributed by atoms with Gasteiger partial charge in [-0.3, -0.25) is 0 Å². The summed E-state index contributed by atoms with van der Waals surface area (Å²) in [6.07, 6.45) is 5.72. The Balaban J connectivity index is 1.31. The zero-order valence-corrected chi connectivity index (χ0v) is 20.2. The van der Waals surface area contributed by atoms with E-state index < -0.39 is 0 Å². The maximum Gasteiger partial charge on any atom is 0.0597 e. The molecule has 0 radical (unpaired) electrons. The van der Waals surface area contributed by atoms with Gasteiger partial charge < -0.3 is 10.2 Å². The SMILES string of the molecule is OCC1CSC(CSCC2CCCCC2CSCC2SCC(CO)S2)S1. The molecular formula is C18H32O2S6. The number of rotatable bonds is 10. The molecule has 2 N–H and O–H groups in total. The molecule has 0 bridgehead atoms. The summed E-state index contributed by atoms with van der Waals surface area (Å²) in [5.41, 5.74) is 0. The highest BCUT2D eigenvalue weighted by Crippen LogP contribution is 2.42. The molecule has 1 aliphatic carbocycles. The fourth-order valence-electron chi connectivity index (χ4n) is 3.74. The van der Waals surface area contributed by atoms with Crippen molar-refractivity contribution in [2.45, 2.75) is 45.3 Å². The molecule has 1 saturated carbocycles. The molecule has 0 spiro atoms. The van der Waals surface area contributed by atoms with Gasteiger partial charge in [-0.25, -0.2) is 0 Å². The van der Waals surface area contributed by atoms with Crippen molar-refractivity contribution in [2.75, 3.05) is 47.7 Å². The van der Waals surface area contributed by atoms with Crippen LogP contribution in [0.3, 0.4) is 0 Å². The summed E-state index contributed by atoms with van der Waals surface area (Å²) >= 11 is 12.4. The van der Waals surface area contributed by atoms with Crippen LogP contribution in [0.25, 0.3) is 0 Å². The Morgan fingerprint density at radius 1 is 0.692 bits per heavy atom. The lowest BCUT2D eigenvalue weighted by molar-refractivity contribution is 0.287. The second-order valence-corrected chi connectivity index (χ2v) is 15.5. The minimum atomic E-state index is 0.345. The van der Waals surface area contributed by atoms with Gasteiger partial charge in [0.25, 0.3) is 0 Å². The van der Waals surface area contributed by atoms with Crippen LogP contribution in [0.1, 0.15) is 25.7 Å².